The van der Waals surface area contributed by atoms with Crippen molar-refractivity contribution < 1.29 is 13.2 Å². The van der Waals surface area contributed by atoms with E-state index in [-0.39, 0.29) is 11.7 Å². The highest BCUT2D eigenvalue weighted by Crippen LogP contribution is 2.38. The lowest BCUT2D eigenvalue weighted by atomic mass is 10.0. The molecule has 3 heterocycles. The summed E-state index contributed by atoms with van der Waals surface area (Å²) in [6.07, 6.45) is -0.809. The number of aromatic amines is 1. The quantitative estimate of drug-likeness (QED) is 0.501. The molecule has 5 N–H and O–H groups in total. The second-order valence-corrected chi connectivity index (χ2v) is 8.04. The number of aromatic nitrogens is 1. The Hall–Kier alpha value is -2.23. The van der Waals surface area contributed by atoms with Gasteiger partial charge in [0.2, 0.25) is 0 Å². The average molecular weight is 441 g/mol. The van der Waals surface area contributed by atoms with Gasteiger partial charge < -0.3 is 20.9 Å². The van der Waals surface area contributed by atoms with Crippen LogP contribution in [0.15, 0.2) is 28.9 Å². The Morgan fingerprint density at radius 1 is 1.23 bits per heavy atom. The van der Waals surface area contributed by atoms with Crippen LogP contribution >= 0.6 is 11.6 Å². The van der Waals surface area contributed by atoms with Gasteiger partial charge in [-0.05, 0) is 31.9 Å². The van der Waals surface area contributed by atoms with Crippen molar-refractivity contribution in [3.63, 3.8) is 0 Å². The van der Waals surface area contributed by atoms with Crippen molar-refractivity contribution >= 4 is 40.1 Å². The maximum absolute atomic E-state index is 13.7. The fourth-order valence-electron chi connectivity index (χ4n) is 3.92. The van der Waals surface area contributed by atoms with Gasteiger partial charge >= 0.3 is 6.18 Å². The second-order valence-electron chi connectivity index (χ2n) is 7.66. The molecule has 4 rings (SSSR count). The molecule has 10 heteroatoms. The smallest absolute Gasteiger partial charge is 0.387 e. The highest BCUT2D eigenvalue weighted by Gasteiger charge is 2.39. The summed E-state index contributed by atoms with van der Waals surface area (Å²) in [5, 5.41) is 13.6. The van der Waals surface area contributed by atoms with Gasteiger partial charge in [0.15, 0.2) is 6.29 Å². The number of anilines is 1. The van der Waals surface area contributed by atoms with Crippen molar-refractivity contribution in [1.82, 2.24) is 20.9 Å². The molecular weight excluding hydrogens is 417 g/mol. The number of alkyl halides is 3. The Kier molecular flexibility index (Phi) is 5.69. The van der Waals surface area contributed by atoms with Crippen LogP contribution in [0.5, 0.6) is 0 Å². The molecule has 2 aliphatic rings. The number of piperidine rings is 1. The first-order valence-electron chi connectivity index (χ1n) is 9.86. The van der Waals surface area contributed by atoms with E-state index in [4.69, 9.17) is 11.6 Å². The number of aliphatic imine (C=N–C) groups is 1. The van der Waals surface area contributed by atoms with Crippen LogP contribution in [-0.2, 0) is 0 Å². The van der Waals surface area contributed by atoms with Gasteiger partial charge in [-0.2, -0.15) is 13.2 Å². The van der Waals surface area contributed by atoms with Gasteiger partial charge in [0, 0.05) is 49.0 Å². The molecule has 2 aromatic rings. The van der Waals surface area contributed by atoms with E-state index in [0.717, 1.165) is 25.6 Å². The van der Waals surface area contributed by atoms with Crippen molar-refractivity contribution in [3.05, 3.63) is 34.5 Å². The Morgan fingerprint density at radius 2 is 2.03 bits per heavy atom. The van der Waals surface area contributed by atoms with Crippen molar-refractivity contribution in [2.45, 2.75) is 44.3 Å². The number of benzene rings is 1. The molecule has 3 unspecified atom stereocenters. The molecule has 0 radical (unpaired) electrons. The first-order chi connectivity index (χ1) is 14.3. The van der Waals surface area contributed by atoms with Gasteiger partial charge in [-0.1, -0.05) is 11.6 Å². The van der Waals surface area contributed by atoms with Crippen molar-refractivity contribution in [3.8, 4) is 0 Å². The molecule has 1 aromatic heterocycles. The predicted octanol–water partition coefficient (Wildman–Crippen LogP) is 3.82. The SMILES string of the molecule is CNc1ccc2c(C3=C(C(F)(F)F)C=NC(NC4CCC(C)NC4)N3)c[nH]c2c1Cl. The van der Waals surface area contributed by atoms with E-state index in [0.29, 0.717) is 33.2 Å². The lowest BCUT2D eigenvalue weighted by Gasteiger charge is -2.33. The van der Waals surface area contributed by atoms with Crippen LogP contribution in [-0.4, -0.2) is 49.3 Å². The third-order valence-electron chi connectivity index (χ3n) is 5.59. The number of rotatable bonds is 4. The number of nitrogens with one attached hydrogen (secondary N) is 5. The third kappa shape index (κ3) is 4.01. The second kappa shape index (κ2) is 8.13. The Labute approximate surface area is 177 Å². The summed E-state index contributed by atoms with van der Waals surface area (Å²) in [4.78, 5) is 7.09. The molecule has 0 spiro atoms. The molecule has 1 aromatic carbocycles. The zero-order valence-electron chi connectivity index (χ0n) is 16.6. The monoisotopic (exact) mass is 440 g/mol. The highest BCUT2D eigenvalue weighted by molar-refractivity contribution is 6.38. The maximum Gasteiger partial charge on any atom is 0.419 e. The lowest BCUT2D eigenvalue weighted by molar-refractivity contribution is -0.0855. The summed E-state index contributed by atoms with van der Waals surface area (Å²) >= 11 is 6.39. The van der Waals surface area contributed by atoms with Crippen LogP contribution in [0.25, 0.3) is 16.6 Å². The Bertz CT molecular complexity index is 988. The van der Waals surface area contributed by atoms with Gasteiger partial charge in [-0.15, -0.1) is 0 Å². The average Bonchev–Trinajstić information content (AvgIpc) is 3.14. The van der Waals surface area contributed by atoms with Crippen molar-refractivity contribution in [2.75, 3.05) is 18.9 Å². The van der Waals surface area contributed by atoms with Crippen LogP contribution in [0.2, 0.25) is 5.02 Å². The minimum absolute atomic E-state index is 0.0216. The largest absolute Gasteiger partial charge is 0.419 e. The highest BCUT2D eigenvalue weighted by atomic mass is 35.5. The summed E-state index contributed by atoms with van der Waals surface area (Å²) in [6, 6.07) is 4.07. The number of nitrogens with zero attached hydrogens (tertiary/aromatic N) is 1. The summed E-state index contributed by atoms with van der Waals surface area (Å²) < 4.78 is 41.2. The minimum atomic E-state index is -4.54. The zero-order valence-corrected chi connectivity index (χ0v) is 17.4. The maximum atomic E-state index is 13.7. The molecule has 162 valence electrons. The molecule has 6 nitrogen and oxygen atoms in total. The van der Waals surface area contributed by atoms with E-state index >= 15 is 0 Å². The zero-order chi connectivity index (χ0) is 21.5. The summed E-state index contributed by atoms with van der Waals surface area (Å²) in [5.41, 5.74) is 0.832. The molecule has 0 saturated carbocycles. The van der Waals surface area contributed by atoms with Crippen LogP contribution in [0.1, 0.15) is 25.3 Å². The number of allylic oxidation sites excluding steroid dienone is 1. The molecule has 1 saturated heterocycles. The predicted molar refractivity (Wildman–Crippen MR) is 115 cm³/mol. The molecule has 30 heavy (non-hydrogen) atoms. The molecule has 0 aliphatic carbocycles. The van der Waals surface area contributed by atoms with Crippen LogP contribution < -0.4 is 21.3 Å². The van der Waals surface area contributed by atoms with Gasteiger partial charge in [-0.3, -0.25) is 10.3 Å². The lowest BCUT2D eigenvalue weighted by Crippen LogP contribution is -2.54. The van der Waals surface area contributed by atoms with E-state index in [9.17, 15) is 13.2 Å². The van der Waals surface area contributed by atoms with Gasteiger partial charge in [0.1, 0.15) is 0 Å². The molecule has 1 fully saturated rings. The Morgan fingerprint density at radius 3 is 2.70 bits per heavy atom. The van der Waals surface area contributed by atoms with E-state index in [1.807, 2.05) is 0 Å². The third-order valence-corrected chi connectivity index (χ3v) is 5.99. The fourth-order valence-corrected chi connectivity index (χ4v) is 4.23. The van der Waals surface area contributed by atoms with E-state index in [1.165, 1.54) is 0 Å². The van der Waals surface area contributed by atoms with Gasteiger partial charge in [0.05, 0.1) is 27.5 Å². The molecular formula is C20H24ClF3N6. The van der Waals surface area contributed by atoms with E-state index < -0.39 is 18.0 Å². The molecule has 0 amide bonds. The van der Waals surface area contributed by atoms with E-state index in [1.54, 1.807) is 25.4 Å². The number of fused-ring (bicyclic) bond motifs is 1. The number of hydrogen-bond donors (Lipinski definition) is 5. The van der Waals surface area contributed by atoms with Gasteiger partial charge in [0.25, 0.3) is 0 Å². The number of halogens is 4. The molecule has 0 bridgehead atoms. The van der Waals surface area contributed by atoms with Crippen molar-refractivity contribution in [2.24, 2.45) is 4.99 Å². The standard InChI is InChI=1S/C20H24ClF3N6/c1-10-3-4-11(7-26-10)29-19-28-9-14(20(22,23)24)17(30-19)13-8-27-18-12(13)5-6-15(25-2)16(18)21/h5-6,8-11,19,25-27,29-30H,3-4,7H2,1-2H3. The van der Waals surface area contributed by atoms with Crippen molar-refractivity contribution in [1.29, 1.82) is 0 Å². The summed E-state index contributed by atoms with van der Waals surface area (Å²) in [5.74, 6) is 0. The fraction of sp³-hybridized carbons (Fsp3) is 0.450. The van der Waals surface area contributed by atoms with Crippen LogP contribution in [0.3, 0.4) is 0 Å². The summed E-state index contributed by atoms with van der Waals surface area (Å²) in [6.45, 7) is 2.86. The Balaban J connectivity index is 1.68. The first kappa shape index (κ1) is 21.0. The van der Waals surface area contributed by atoms with Crippen LogP contribution in [0, 0.1) is 0 Å². The first-order valence-corrected chi connectivity index (χ1v) is 10.2. The normalized spacial score (nSPS) is 24.9. The molecule has 3 atom stereocenters. The number of hydrogen-bond acceptors (Lipinski definition) is 5. The minimum Gasteiger partial charge on any atom is -0.387 e. The number of H-pyrrole nitrogens is 1. The van der Waals surface area contributed by atoms with Gasteiger partial charge in [-0.25, -0.2) is 0 Å². The molecule has 2 aliphatic heterocycles. The topological polar surface area (TPSA) is 76.3 Å². The summed E-state index contributed by atoms with van der Waals surface area (Å²) in [7, 11) is 1.73. The van der Waals surface area contributed by atoms with Crippen LogP contribution in [0.4, 0.5) is 18.9 Å². The van der Waals surface area contributed by atoms with E-state index in [2.05, 4.69) is 38.2 Å².